The lowest BCUT2D eigenvalue weighted by molar-refractivity contribution is -0.204. The molecule has 1 aromatic carbocycles. The predicted octanol–water partition coefficient (Wildman–Crippen LogP) is 4.55. The number of hydrogen-bond donors (Lipinski definition) is 2. The van der Waals surface area contributed by atoms with Crippen molar-refractivity contribution in [2.75, 3.05) is 11.9 Å². The van der Waals surface area contributed by atoms with Crippen LogP contribution in [0.5, 0.6) is 0 Å². The average molecular weight is 483 g/mol. The summed E-state index contributed by atoms with van der Waals surface area (Å²) in [5.41, 5.74) is -3.31. The maximum absolute atomic E-state index is 14.4. The number of fused-ring (bicyclic) bond motifs is 1. The maximum atomic E-state index is 14.4. The van der Waals surface area contributed by atoms with Gasteiger partial charge in [-0.15, -0.1) is 11.3 Å². The van der Waals surface area contributed by atoms with Crippen molar-refractivity contribution in [3.63, 3.8) is 0 Å². The Hall–Kier alpha value is -3.13. The fourth-order valence-corrected chi connectivity index (χ4v) is 5.02. The minimum Gasteiger partial charge on any atom is -0.463 e. The van der Waals surface area contributed by atoms with E-state index in [0.717, 1.165) is 46.9 Å². The second-order valence-corrected chi connectivity index (χ2v) is 8.83. The van der Waals surface area contributed by atoms with E-state index in [2.05, 4.69) is 10.1 Å². The van der Waals surface area contributed by atoms with E-state index in [4.69, 9.17) is 0 Å². The van der Waals surface area contributed by atoms with Gasteiger partial charge in [0.25, 0.3) is 5.91 Å². The molecule has 0 bridgehead atoms. The fourth-order valence-electron chi connectivity index (χ4n) is 3.60. The zero-order valence-electron chi connectivity index (χ0n) is 17.8. The smallest absolute Gasteiger partial charge is 0.441 e. The minimum atomic E-state index is -5.35. The van der Waals surface area contributed by atoms with Gasteiger partial charge < -0.3 is 15.4 Å². The topological polar surface area (TPSA) is 91.2 Å². The van der Waals surface area contributed by atoms with Crippen LogP contribution in [-0.2, 0) is 22.4 Å². The van der Waals surface area contributed by atoms with Crippen LogP contribution in [0.3, 0.4) is 0 Å². The summed E-state index contributed by atoms with van der Waals surface area (Å²) in [7, 11) is 0. The van der Waals surface area contributed by atoms with Gasteiger partial charge in [0.1, 0.15) is 16.9 Å². The second kappa shape index (κ2) is 9.39. The number of carbonyl (C=O) groups excluding carboxylic acids is 2. The number of halogens is 4. The van der Waals surface area contributed by atoms with Crippen LogP contribution in [0.1, 0.15) is 46.6 Å². The molecule has 0 spiro atoms. The molecule has 0 saturated heterocycles. The number of benzene rings is 1. The first-order chi connectivity index (χ1) is 15.5. The quantitative estimate of drug-likeness (QED) is 0.358. The first kappa shape index (κ1) is 24.5. The van der Waals surface area contributed by atoms with Crippen LogP contribution in [-0.4, -0.2) is 30.3 Å². The molecule has 2 aromatic rings. The third-order valence-corrected chi connectivity index (χ3v) is 6.51. The van der Waals surface area contributed by atoms with Crippen molar-refractivity contribution in [1.82, 2.24) is 5.32 Å². The Morgan fingerprint density at radius 3 is 2.52 bits per heavy atom. The van der Waals surface area contributed by atoms with Crippen molar-refractivity contribution in [2.24, 2.45) is 5.92 Å². The molecule has 11 heteroatoms. The number of carbonyl (C=O) groups is 2. The molecule has 176 valence electrons. The molecule has 0 fully saturated rings. The van der Waals surface area contributed by atoms with Crippen molar-refractivity contribution in [1.29, 1.82) is 5.26 Å². The van der Waals surface area contributed by atoms with E-state index in [1.807, 2.05) is 13.0 Å². The zero-order valence-corrected chi connectivity index (χ0v) is 18.6. The van der Waals surface area contributed by atoms with Crippen LogP contribution >= 0.6 is 11.3 Å². The first-order valence-electron chi connectivity index (χ1n) is 10.2. The fraction of sp³-hybridized carbons (Fsp3) is 0.409. The van der Waals surface area contributed by atoms with Gasteiger partial charge in [0.15, 0.2) is 0 Å². The van der Waals surface area contributed by atoms with Crippen LogP contribution in [0.15, 0.2) is 24.3 Å². The van der Waals surface area contributed by atoms with Gasteiger partial charge in [-0.1, -0.05) is 6.92 Å². The predicted molar refractivity (Wildman–Crippen MR) is 113 cm³/mol. The third kappa shape index (κ3) is 4.80. The lowest BCUT2D eigenvalue weighted by Crippen LogP contribution is -2.69. The van der Waals surface area contributed by atoms with E-state index >= 15 is 0 Å². The van der Waals surface area contributed by atoms with Crippen molar-refractivity contribution in [3.8, 4) is 6.07 Å². The van der Waals surface area contributed by atoms with E-state index in [9.17, 15) is 32.4 Å². The number of thiophene rings is 1. The number of anilines is 1. The van der Waals surface area contributed by atoms with Crippen LogP contribution in [0.25, 0.3) is 0 Å². The lowest BCUT2D eigenvalue weighted by atomic mass is 9.88. The molecular formula is C22H21F4N3O3S. The number of amides is 1. The summed E-state index contributed by atoms with van der Waals surface area (Å²) in [6.45, 7) is 2.95. The Balaban J connectivity index is 2.09. The Kier molecular flexibility index (Phi) is 6.97. The standard InChI is InChI=1S/C22H21F4N3O3S/c1-3-32-20(31)21(22(24,25)26,28-18(30)13-5-7-14(23)8-6-13)29-19-16(11-27)15-9-4-12(2)10-17(15)33-19/h5-8,12,29H,3-4,9-10H2,1-2H3,(H,28,30). The number of esters is 1. The number of nitrogens with zero attached hydrogens (tertiary/aromatic N) is 1. The van der Waals surface area contributed by atoms with Crippen molar-refractivity contribution >= 4 is 28.2 Å². The highest BCUT2D eigenvalue weighted by molar-refractivity contribution is 7.16. The van der Waals surface area contributed by atoms with Crippen LogP contribution < -0.4 is 10.6 Å². The molecule has 2 N–H and O–H groups in total. The molecular weight excluding hydrogens is 462 g/mol. The van der Waals surface area contributed by atoms with Gasteiger partial charge in [0.05, 0.1) is 12.2 Å². The van der Waals surface area contributed by atoms with Crippen molar-refractivity contribution in [2.45, 2.75) is 44.9 Å². The van der Waals surface area contributed by atoms with Crippen LogP contribution in [0.2, 0.25) is 0 Å². The zero-order chi connectivity index (χ0) is 24.4. The Morgan fingerprint density at radius 2 is 1.94 bits per heavy atom. The van der Waals surface area contributed by atoms with Crippen molar-refractivity contribution in [3.05, 3.63) is 51.7 Å². The number of rotatable bonds is 6. The van der Waals surface area contributed by atoms with E-state index in [1.165, 1.54) is 6.92 Å². The minimum absolute atomic E-state index is 0.0101. The largest absolute Gasteiger partial charge is 0.463 e. The second-order valence-electron chi connectivity index (χ2n) is 7.72. The highest BCUT2D eigenvalue weighted by Crippen LogP contribution is 2.42. The van der Waals surface area contributed by atoms with E-state index in [1.54, 1.807) is 5.32 Å². The Labute approximate surface area is 191 Å². The van der Waals surface area contributed by atoms with E-state index in [0.29, 0.717) is 24.3 Å². The number of ether oxygens (including phenoxy) is 1. The van der Waals surface area contributed by atoms with Gasteiger partial charge in [0, 0.05) is 10.4 Å². The number of hydrogen-bond acceptors (Lipinski definition) is 6. The number of nitriles is 1. The molecule has 3 rings (SSSR count). The third-order valence-electron chi connectivity index (χ3n) is 5.34. The van der Waals surface area contributed by atoms with Gasteiger partial charge in [-0.3, -0.25) is 4.79 Å². The summed E-state index contributed by atoms with van der Waals surface area (Å²) in [6, 6.07) is 5.72. The van der Waals surface area contributed by atoms with Gasteiger partial charge in [-0.25, -0.2) is 9.18 Å². The molecule has 2 unspecified atom stereocenters. The summed E-state index contributed by atoms with van der Waals surface area (Å²) < 4.78 is 61.2. The molecule has 1 amide bonds. The summed E-state index contributed by atoms with van der Waals surface area (Å²) in [6.07, 6.45) is -3.45. The molecule has 1 aliphatic rings. The molecule has 0 saturated carbocycles. The number of nitrogens with one attached hydrogen (secondary N) is 2. The van der Waals surface area contributed by atoms with Crippen LogP contribution in [0, 0.1) is 23.1 Å². The molecule has 6 nitrogen and oxygen atoms in total. The molecule has 33 heavy (non-hydrogen) atoms. The highest BCUT2D eigenvalue weighted by atomic mass is 32.1. The summed E-state index contributed by atoms with van der Waals surface area (Å²) in [5, 5.41) is 13.3. The SMILES string of the molecule is CCOC(=O)C(NC(=O)c1ccc(F)cc1)(Nc1sc2c(c1C#N)CCC(C)C2)C(F)(F)F. The molecule has 1 aromatic heterocycles. The van der Waals surface area contributed by atoms with Gasteiger partial charge >= 0.3 is 17.8 Å². The van der Waals surface area contributed by atoms with E-state index < -0.39 is 29.5 Å². The Bertz CT molecular complexity index is 1090. The molecule has 1 heterocycles. The van der Waals surface area contributed by atoms with Crippen molar-refractivity contribution < 1.29 is 31.9 Å². The van der Waals surface area contributed by atoms with Crippen LogP contribution in [0.4, 0.5) is 22.6 Å². The van der Waals surface area contributed by atoms with Gasteiger partial charge in [0.2, 0.25) is 0 Å². The van der Waals surface area contributed by atoms with E-state index in [-0.39, 0.29) is 22.7 Å². The summed E-state index contributed by atoms with van der Waals surface area (Å²) >= 11 is 0.951. The van der Waals surface area contributed by atoms with Gasteiger partial charge in [-0.05, 0) is 61.9 Å². The van der Waals surface area contributed by atoms with Gasteiger partial charge in [-0.2, -0.15) is 18.4 Å². The normalized spacial score (nSPS) is 17.3. The molecule has 0 aliphatic heterocycles. The molecule has 2 atom stereocenters. The maximum Gasteiger partial charge on any atom is 0.441 e. The summed E-state index contributed by atoms with van der Waals surface area (Å²) in [4.78, 5) is 26.1. The first-order valence-corrected chi connectivity index (χ1v) is 11.0. The molecule has 0 radical (unpaired) electrons. The average Bonchev–Trinajstić information content (AvgIpc) is 3.08. The summed E-state index contributed by atoms with van der Waals surface area (Å²) in [5.74, 6) is -3.45. The molecule has 1 aliphatic carbocycles. The number of alkyl halides is 3. The lowest BCUT2D eigenvalue weighted by Gasteiger charge is -2.35. The monoisotopic (exact) mass is 483 g/mol. The Morgan fingerprint density at radius 1 is 1.27 bits per heavy atom. The highest BCUT2D eigenvalue weighted by Gasteiger charge is 2.64.